The number of pyridine rings is 1. The highest BCUT2D eigenvalue weighted by atomic mass is 127. The Kier molecular flexibility index (Phi) is 12.6. The molecule has 6 nitrogen and oxygen atoms in total. The van der Waals surface area contributed by atoms with Crippen molar-refractivity contribution in [3.05, 3.63) is 30.1 Å². The third-order valence-corrected chi connectivity index (χ3v) is 4.58. The Bertz CT molecular complexity index is 488. The number of aromatic nitrogens is 1. The average Bonchev–Trinajstić information content (AvgIpc) is 2.67. The van der Waals surface area contributed by atoms with Crippen LogP contribution in [0.25, 0.3) is 0 Å². The van der Waals surface area contributed by atoms with Gasteiger partial charge in [0.25, 0.3) is 0 Å². The molecule has 0 saturated carbocycles. The maximum atomic E-state index is 4.60. The van der Waals surface area contributed by atoms with Crippen molar-refractivity contribution in [1.82, 2.24) is 25.4 Å². The summed E-state index contributed by atoms with van der Waals surface area (Å²) in [5.74, 6) is 0.879. The molecule has 2 heterocycles. The highest BCUT2D eigenvalue weighted by Crippen LogP contribution is 2.03. The zero-order valence-corrected chi connectivity index (χ0v) is 18.6. The van der Waals surface area contributed by atoms with Gasteiger partial charge >= 0.3 is 0 Å². The average molecular weight is 474 g/mol. The molecule has 0 unspecified atom stereocenters. The fourth-order valence-electron chi connectivity index (χ4n) is 2.99. The van der Waals surface area contributed by atoms with E-state index in [1.165, 1.54) is 52.1 Å². The van der Waals surface area contributed by atoms with E-state index in [1.807, 2.05) is 24.4 Å². The number of likely N-dealkylation sites (N-methyl/N-ethyl adjacent to an activating group) is 1. The maximum Gasteiger partial charge on any atom is 0.191 e. The van der Waals surface area contributed by atoms with Crippen LogP contribution in [0.15, 0.2) is 29.4 Å². The summed E-state index contributed by atoms with van der Waals surface area (Å²) >= 11 is 0. The summed E-state index contributed by atoms with van der Waals surface area (Å²) in [6, 6.07) is 5.93. The molecule has 1 fully saturated rings. The second-order valence-corrected chi connectivity index (χ2v) is 6.43. The summed E-state index contributed by atoms with van der Waals surface area (Å²) in [7, 11) is 0. The predicted octanol–water partition coefficient (Wildman–Crippen LogP) is 2.17. The van der Waals surface area contributed by atoms with Crippen LogP contribution in [0.3, 0.4) is 0 Å². The van der Waals surface area contributed by atoms with Crippen molar-refractivity contribution in [2.75, 3.05) is 52.4 Å². The van der Waals surface area contributed by atoms with Crippen LogP contribution in [0.4, 0.5) is 0 Å². The first-order chi connectivity index (χ1) is 12.3. The van der Waals surface area contributed by atoms with Crippen LogP contribution < -0.4 is 10.6 Å². The number of nitrogens with one attached hydrogen (secondary N) is 2. The number of rotatable bonds is 9. The summed E-state index contributed by atoms with van der Waals surface area (Å²) in [5, 5.41) is 6.73. The molecule has 148 valence electrons. The van der Waals surface area contributed by atoms with Crippen molar-refractivity contribution >= 4 is 29.9 Å². The maximum absolute atomic E-state index is 4.60. The van der Waals surface area contributed by atoms with Crippen molar-refractivity contribution in [3.63, 3.8) is 0 Å². The van der Waals surface area contributed by atoms with Gasteiger partial charge in [-0.3, -0.25) is 4.98 Å². The van der Waals surface area contributed by atoms with Crippen LogP contribution in [0.5, 0.6) is 0 Å². The molecule has 1 aliphatic heterocycles. The van der Waals surface area contributed by atoms with Crippen LogP contribution in [-0.2, 0) is 6.54 Å². The minimum atomic E-state index is 0. The van der Waals surface area contributed by atoms with Crippen LogP contribution >= 0.6 is 24.0 Å². The van der Waals surface area contributed by atoms with Crippen molar-refractivity contribution < 1.29 is 0 Å². The van der Waals surface area contributed by atoms with Gasteiger partial charge in [-0.05, 0) is 45.0 Å². The number of guanidine groups is 1. The van der Waals surface area contributed by atoms with E-state index >= 15 is 0 Å². The number of halogens is 1. The summed E-state index contributed by atoms with van der Waals surface area (Å²) < 4.78 is 0. The highest BCUT2D eigenvalue weighted by Gasteiger charge is 2.14. The lowest BCUT2D eigenvalue weighted by Gasteiger charge is -2.34. The fourth-order valence-corrected chi connectivity index (χ4v) is 2.99. The van der Waals surface area contributed by atoms with Crippen LogP contribution in [0.1, 0.15) is 32.4 Å². The largest absolute Gasteiger partial charge is 0.357 e. The molecule has 0 radical (unpaired) electrons. The first kappa shape index (κ1) is 23.1. The molecule has 0 aliphatic carbocycles. The first-order valence-corrected chi connectivity index (χ1v) is 9.68. The Morgan fingerprint density at radius 3 is 2.50 bits per heavy atom. The molecular formula is C19H35IN6. The molecule has 1 saturated heterocycles. The van der Waals surface area contributed by atoms with Crippen LogP contribution in [0, 0.1) is 0 Å². The summed E-state index contributed by atoms with van der Waals surface area (Å²) in [6.45, 7) is 14.1. The van der Waals surface area contributed by atoms with E-state index in [-0.39, 0.29) is 24.0 Å². The Morgan fingerprint density at radius 2 is 1.85 bits per heavy atom. The topological polar surface area (TPSA) is 55.8 Å². The standard InChI is InChI=1S/C19H34N6.HI/c1-3-20-19(23-17-18-9-5-6-10-21-18)22-11-7-8-12-25-15-13-24(4-2)14-16-25;/h5-6,9-10H,3-4,7-8,11-17H2,1-2H3,(H2,20,22,23);1H. The number of hydrogen-bond acceptors (Lipinski definition) is 4. The molecule has 1 aromatic heterocycles. The second kappa shape index (κ2) is 14.2. The van der Waals surface area contributed by atoms with E-state index in [0.29, 0.717) is 6.54 Å². The molecular weight excluding hydrogens is 439 g/mol. The van der Waals surface area contributed by atoms with Crippen molar-refractivity contribution in [3.8, 4) is 0 Å². The molecule has 0 atom stereocenters. The van der Waals surface area contributed by atoms with E-state index in [2.05, 4.69) is 44.3 Å². The summed E-state index contributed by atoms with van der Waals surface area (Å²) in [4.78, 5) is 14.0. The number of nitrogens with zero attached hydrogens (tertiary/aromatic N) is 4. The van der Waals surface area contributed by atoms with Gasteiger partial charge in [-0.15, -0.1) is 24.0 Å². The Labute approximate surface area is 175 Å². The zero-order valence-electron chi connectivity index (χ0n) is 16.3. The van der Waals surface area contributed by atoms with E-state index in [0.717, 1.165) is 24.7 Å². The van der Waals surface area contributed by atoms with E-state index in [4.69, 9.17) is 0 Å². The minimum Gasteiger partial charge on any atom is -0.357 e. The predicted molar refractivity (Wildman–Crippen MR) is 120 cm³/mol. The quantitative estimate of drug-likeness (QED) is 0.249. The number of piperazine rings is 1. The lowest BCUT2D eigenvalue weighted by atomic mass is 10.2. The molecule has 0 amide bonds. The molecule has 0 bridgehead atoms. The van der Waals surface area contributed by atoms with E-state index in [1.54, 1.807) is 0 Å². The zero-order chi connectivity index (χ0) is 17.7. The monoisotopic (exact) mass is 474 g/mol. The first-order valence-electron chi connectivity index (χ1n) is 9.68. The molecule has 0 aromatic carbocycles. The molecule has 7 heteroatoms. The lowest BCUT2D eigenvalue weighted by molar-refractivity contribution is 0.136. The molecule has 1 aliphatic rings. The SMILES string of the molecule is CCNC(=NCc1ccccn1)NCCCCN1CCN(CC)CC1.I. The van der Waals surface area contributed by atoms with Gasteiger partial charge in [0.15, 0.2) is 5.96 Å². The lowest BCUT2D eigenvalue weighted by Crippen LogP contribution is -2.46. The normalized spacial score (nSPS) is 16.2. The molecule has 1 aromatic rings. The van der Waals surface area contributed by atoms with Gasteiger partial charge < -0.3 is 20.4 Å². The van der Waals surface area contributed by atoms with E-state index < -0.39 is 0 Å². The van der Waals surface area contributed by atoms with Gasteiger partial charge in [0.1, 0.15) is 0 Å². The summed E-state index contributed by atoms with van der Waals surface area (Å²) in [5.41, 5.74) is 0.992. The molecule has 2 N–H and O–H groups in total. The van der Waals surface area contributed by atoms with Crippen LogP contribution in [0.2, 0.25) is 0 Å². The van der Waals surface area contributed by atoms with Crippen LogP contribution in [-0.4, -0.2) is 73.1 Å². The molecule has 2 rings (SSSR count). The molecule has 26 heavy (non-hydrogen) atoms. The Hall–Kier alpha value is -0.930. The smallest absolute Gasteiger partial charge is 0.191 e. The third-order valence-electron chi connectivity index (χ3n) is 4.58. The van der Waals surface area contributed by atoms with Crippen molar-refractivity contribution in [2.24, 2.45) is 4.99 Å². The molecule has 0 spiro atoms. The Morgan fingerprint density at radius 1 is 1.08 bits per heavy atom. The minimum absolute atomic E-state index is 0. The van der Waals surface area contributed by atoms with Gasteiger partial charge in [0.2, 0.25) is 0 Å². The van der Waals surface area contributed by atoms with Gasteiger partial charge in [-0.25, -0.2) is 4.99 Å². The second-order valence-electron chi connectivity index (χ2n) is 6.43. The number of aliphatic imine (C=N–C) groups is 1. The highest BCUT2D eigenvalue weighted by molar-refractivity contribution is 14.0. The van der Waals surface area contributed by atoms with Gasteiger partial charge in [-0.2, -0.15) is 0 Å². The van der Waals surface area contributed by atoms with Gasteiger partial charge in [-0.1, -0.05) is 13.0 Å². The number of unbranched alkanes of at least 4 members (excludes halogenated alkanes) is 1. The van der Waals surface area contributed by atoms with Gasteiger partial charge in [0, 0.05) is 45.5 Å². The fraction of sp³-hybridized carbons (Fsp3) is 0.684. The van der Waals surface area contributed by atoms with E-state index in [9.17, 15) is 0 Å². The number of hydrogen-bond donors (Lipinski definition) is 2. The van der Waals surface area contributed by atoms with Crippen molar-refractivity contribution in [1.29, 1.82) is 0 Å². The van der Waals surface area contributed by atoms with Gasteiger partial charge in [0.05, 0.1) is 12.2 Å². The summed E-state index contributed by atoms with van der Waals surface area (Å²) in [6.07, 6.45) is 4.21. The van der Waals surface area contributed by atoms with Crippen molar-refractivity contribution in [2.45, 2.75) is 33.2 Å². The third kappa shape index (κ3) is 9.14. The Balaban J connectivity index is 0.00000338.